The molecule has 0 amide bonds. The Kier molecular flexibility index (Phi) is 4.15. The van der Waals surface area contributed by atoms with Crippen LogP contribution in [0.4, 0.5) is 4.39 Å². The maximum atomic E-state index is 13.1. The zero-order valence-electron chi connectivity index (χ0n) is 10.4. The van der Waals surface area contributed by atoms with Crippen LogP contribution in [0.25, 0.3) is 0 Å². The molecule has 2 aromatic rings. The number of benzene rings is 1. The summed E-state index contributed by atoms with van der Waals surface area (Å²) in [5, 5.41) is 6.71. The number of halogens is 1. The highest BCUT2D eigenvalue weighted by Crippen LogP contribution is 2.28. The second-order valence-corrected chi connectivity index (χ2v) is 6.55. The van der Waals surface area contributed by atoms with Gasteiger partial charge < -0.3 is 5.32 Å². The molecule has 0 spiro atoms. The molecule has 0 unspecified atom stereocenters. The van der Waals surface area contributed by atoms with Gasteiger partial charge in [-0.25, -0.2) is 9.37 Å². The molecule has 1 fully saturated rings. The van der Waals surface area contributed by atoms with E-state index in [9.17, 15) is 4.39 Å². The molecule has 2 nitrogen and oxygen atoms in total. The molecular weight excluding hydrogens is 279 g/mol. The van der Waals surface area contributed by atoms with E-state index in [1.165, 1.54) is 18.9 Å². The Balaban J connectivity index is 1.61. The third kappa shape index (κ3) is 3.35. The largest absolute Gasteiger partial charge is 0.309 e. The molecule has 19 heavy (non-hydrogen) atoms. The van der Waals surface area contributed by atoms with Crippen molar-refractivity contribution in [3.63, 3.8) is 0 Å². The number of hydrogen-bond donors (Lipinski definition) is 1. The smallest absolute Gasteiger partial charge is 0.124 e. The molecule has 1 atom stereocenters. The number of thioether (sulfide) groups is 1. The lowest BCUT2D eigenvalue weighted by molar-refractivity contribution is 0.624. The van der Waals surface area contributed by atoms with Crippen LogP contribution in [0.2, 0.25) is 0 Å². The maximum Gasteiger partial charge on any atom is 0.124 e. The first-order chi connectivity index (χ1) is 9.31. The molecule has 1 aliphatic heterocycles. The molecule has 100 valence electrons. The van der Waals surface area contributed by atoms with Crippen LogP contribution >= 0.6 is 23.1 Å². The van der Waals surface area contributed by atoms with Crippen molar-refractivity contribution >= 4 is 23.1 Å². The maximum absolute atomic E-state index is 13.1. The third-order valence-corrected chi connectivity index (χ3v) is 5.20. The fraction of sp³-hybridized carbons (Fsp3) is 0.357. The lowest BCUT2D eigenvalue weighted by Gasteiger charge is -2.05. The van der Waals surface area contributed by atoms with Crippen LogP contribution < -0.4 is 5.32 Å². The molecule has 0 radical (unpaired) electrons. The van der Waals surface area contributed by atoms with Gasteiger partial charge in [-0.1, -0.05) is 6.07 Å². The Morgan fingerprint density at radius 3 is 3.21 bits per heavy atom. The van der Waals surface area contributed by atoms with Crippen molar-refractivity contribution in [1.29, 1.82) is 0 Å². The Labute approximate surface area is 120 Å². The molecule has 0 bridgehead atoms. The van der Waals surface area contributed by atoms with Crippen LogP contribution in [0.15, 0.2) is 34.5 Å². The lowest BCUT2D eigenvalue weighted by atomic mass is 10.2. The van der Waals surface area contributed by atoms with Crippen LogP contribution in [0.3, 0.4) is 0 Å². The minimum atomic E-state index is -0.181. The minimum absolute atomic E-state index is 0.181. The lowest BCUT2D eigenvalue weighted by Crippen LogP contribution is -2.13. The summed E-state index contributed by atoms with van der Waals surface area (Å²) in [6, 6.07) is 7.15. The normalized spacial score (nSPS) is 18.9. The van der Waals surface area contributed by atoms with E-state index >= 15 is 0 Å². The van der Waals surface area contributed by atoms with Crippen LogP contribution in [0, 0.1) is 5.82 Å². The fourth-order valence-electron chi connectivity index (χ4n) is 2.19. The summed E-state index contributed by atoms with van der Waals surface area (Å²) in [4.78, 5) is 5.63. The molecule has 1 aliphatic rings. The molecule has 3 rings (SSSR count). The molecule has 0 saturated carbocycles. The van der Waals surface area contributed by atoms with Crippen LogP contribution in [-0.4, -0.2) is 11.5 Å². The molecule has 1 saturated heterocycles. The Hall–Kier alpha value is -0.910. The van der Waals surface area contributed by atoms with Gasteiger partial charge in [-0.05, 0) is 37.6 Å². The number of aromatic nitrogens is 1. The Morgan fingerprint density at radius 1 is 1.47 bits per heavy atom. The van der Waals surface area contributed by atoms with Crippen LogP contribution in [-0.2, 0) is 5.75 Å². The Bertz CT molecular complexity index is 550. The minimum Gasteiger partial charge on any atom is -0.309 e. The summed E-state index contributed by atoms with van der Waals surface area (Å²) in [5.74, 6) is 0.626. The van der Waals surface area contributed by atoms with Crippen molar-refractivity contribution in [3.8, 4) is 0 Å². The molecule has 1 aromatic heterocycles. The molecule has 0 aliphatic carbocycles. The van der Waals surface area contributed by atoms with Gasteiger partial charge in [-0.15, -0.1) is 23.1 Å². The van der Waals surface area contributed by atoms with Crippen molar-refractivity contribution < 1.29 is 4.39 Å². The van der Waals surface area contributed by atoms with Gasteiger partial charge in [0.05, 0.1) is 17.5 Å². The van der Waals surface area contributed by atoms with E-state index in [-0.39, 0.29) is 5.82 Å². The SMILES string of the molecule is Fc1cccc(SCc2nc([C@@H]3CCCN3)cs2)c1. The first-order valence-corrected chi connectivity index (χ1v) is 8.24. The van der Waals surface area contributed by atoms with Gasteiger partial charge in [-0.3, -0.25) is 0 Å². The van der Waals surface area contributed by atoms with E-state index < -0.39 is 0 Å². The fourth-order valence-corrected chi connectivity index (χ4v) is 4.00. The second-order valence-electron chi connectivity index (χ2n) is 4.56. The van der Waals surface area contributed by atoms with Gasteiger partial charge in [0.15, 0.2) is 0 Å². The third-order valence-electron chi connectivity index (χ3n) is 3.15. The average molecular weight is 294 g/mol. The van der Waals surface area contributed by atoms with E-state index in [1.807, 2.05) is 6.07 Å². The summed E-state index contributed by atoms with van der Waals surface area (Å²) < 4.78 is 13.1. The van der Waals surface area contributed by atoms with Gasteiger partial charge in [0.25, 0.3) is 0 Å². The van der Waals surface area contributed by atoms with E-state index in [2.05, 4.69) is 15.7 Å². The predicted octanol–water partition coefficient (Wildman–Crippen LogP) is 4.00. The van der Waals surface area contributed by atoms with Crippen molar-refractivity contribution in [1.82, 2.24) is 10.3 Å². The zero-order valence-corrected chi connectivity index (χ0v) is 12.1. The number of thiazole rings is 1. The summed E-state index contributed by atoms with van der Waals surface area (Å²) in [6.07, 6.45) is 2.41. The van der Waals surface area contributed by atoms with E-state index in [0.29, 0.717) is 6.04 Å². The highest BCUT2D eigenvalue weighted by molar-refractivity contribution is 7.98. The van der Waals surface area contributed by atoms with Crippen molar-refractivity contribution in [2.24, 2.45) is 0 Å². The number of rotatable bonds is 4. The van der Waals surface area contributed by atoms with Crippen molar-refractivity contribution in [2.45, 2.75) is 29.5 Å². The first-order valence-electron chi connectivity index (χ1n) is 6.37. The molecule has 1 N–H and O–H groups in total. The van der Waals surface area contributed by atoms with E-state index in [0.717, 1.165) is 27.9 Å². The molecule has 2 heterocycles. The second kappa shape index (κ2) is 6.03. The predicted molar refractivity (Wildman–Crippen MR) is 78.1 cm³/mol. The van der Waals surface area contributed by atoms with Gasteiger partial charge in [0, 0.05) is 10.3 Å². The van der Waals surface area contributed by atoms with E-state index in [4.69, 9.17) is 0 Å². The highest BCUT2D eigenvalue weighted by Gasteiger charge is 2.18. The highest BCUT2D eigenvalue weighted by atomic mass is 32.2. The number of nitrogens with zero attached hydrogens (tertiary/aromatic N) is 1. The van der Waals surface area contributed by atoms with Crippen LogP contribution in [0.1, 0.15) is 29.6 Å². The molecule has 5 heteroatoms. The summed E-state index contributed by atoms with van der Waals surface area (Å²) in [6.45, 7) is 1.09. The summed E-state index contributed by atoms with van der Waals surface area (Å²) in [5.41, 5.74) is 1.16. The summed E-state index contributed by atoms with van der Waals surface area (Å²) in [7, 11) is 0. The van der Waals surface area contributed by atoms with Gasteiger partial charge in [0.2, 0.25) is 0 Å². The molecular formula is C14H15FN2S2. The van der Waals surface area contributed by atoms with Gasteiger partial charge >= 0.3 is 0 Å². The van der Waals surface area contributed by atoms with Gasteiger partial charge in [-0.2, -0.15) is 0 Å². The average Bonchev–Trinajstić information content (AvgIpc) is 3.07. The summed E-state index contributed by atoms with van der Waals surface area (Å²) >= 11 is 3.33. The zero-order chi connectivity index (χ0) is 13.1. The van der Waals surface area contributed by atoms with Crippen LogP contribution in [0.5, 0.6) is 0 Å². The Morgan fingerprint density at radius 2 is 2.42 bits per heavy atom. The van der Waals surface area contributed by atoms with Crippen molar-refractivity contribution in [2.75, 3.05) is 6.54 Å². The standard InChI is InChI=1S/C14H15FN2S2/c15-10-3-1-4-11(7-10)18-9-14-17-13(8-19-14)12-5-2-6-16-12/h1,3-4,7-8,12,16H,2,5-6,9H2/t12-/m0/s1. The monoisotopic (exact) mass is 294 g/mol. The number of hydrogen-bond acceptors (Lipinski definition) is 4. The topological polar surface area (TPSA) is 24.9 Å². The first kappa shape index (κ1) is 13.1. The number of nitrogens with one attached hydrogen (secondary N) is 1. The van der Waals surface area contributed by atoms with E-state index in [1.54, 1.807) is 35.2 Å². The quantitative estimate of drug-likeness (QED) is 0.863. The van der Waals surface area contributed by atoms with Crippen molar-refractivity contribution in [3.05, 3.63) is 46.2 Å². The molecule has 1 aromatic carbocycles. The van der Waals surface area contributed by atoms with Gasteiger partial charge in [0.1, 0.15) is 10.8 Å².